The highest BCUT2D eigenvalue weighted by Gasteiger charge is 2.18. The number of unbranched alkanes of at least 4 members (excludes halogenated alkanes) is 1. The summed E-state index contributed by atoms with van der Waals surface area (Å²) in [5.74, 6) is 1.74. The summed E-state index contributed by atoms with van der Waals surface area (Å²) in [6.07, 6.45) is 7.12. The van der Waals surface area contributed by atoms with Crippen molar-refractivity contribution in [2.75, 3.05) is 5.32 Å². The highest BCUT2D eigenvalue weighted by atomic mass is 16.7. The number of pyridine rings is 1. The number of nitrogens with zero attached hydrogens (tertiary/aromatic N) is 3. The third kappa shape index (κ3) is 6.59. The van der Waals surface area contributed by atoms with Gasteiger partial charge in [-0.1, -0.05) is 75.1 Å². The predicted molar refractivity (Wildman–Crippen MR) is 155 cm³/mol. The van der Waals surface area contributed by atoms with E-state index in [1.165, 1.54) is 6.42 Å². The highest BCUT2D eigenvalue weighted by molar-refractivity contribution is 5.89. The summed E-state index contributed by atoms with van der Waals surface area (Å²) in [6, 6.07) is 18.7. The Morgan fingerprint density at radius 3 is 2.52 bits per heavy atom. The second-order valence-electron chi connectivity index (χ2n) is 10.3. The van der Waals surface area contributed by atoms with Gasteiger partial charge >= 0.3 is 12.2 Å². The summed E-state index contributed by atoms with van der Waals surface area (Å²) in [6.45, 7) is 2.72. The van der Waals surface area contributed by atoms with Crippen LogP contribution in [0.2, 0.25) is 0 Å². The SMILES string of the molecule is CCCCc1nc2ccc(NC(=O)NC3CCCCC3)nc2n1Cc1ccc(-c2ccccc2OC(=O)O)cc1. The minimum atomic E-state index is -1.34. The smallest absolute Gasteiger partial charge is 0.449 e. The number of benzene rings is 2. The van der Waals surface area contributed by atoms with Crippen LogP contribution >= 0.6 is 0 Å². The maximum atomic E-state index is 12.6. The van der Waals surface area contributed by atoms with Crippen LogP contribution < -0.4 is 15.4 Å². The molecule has 1 saturated carbocycles. The van der Waals surface area contributed by atoms with Crippen LogP contribution in [0.25, 0.3) is 22.3 Å². The van der Waals surface area contributed by atoms with E-state index in [1.54, 1.807) is 18.2 Å². The first-order valence-electron chi connectivity index (χ1n) is 14.0. The van der Waals surface area contributed by atoms with Gasteiger partial charge in [-0.15, -0.1) is 0 Å². The molecule has 0 unspecified atom stereocenters. The fourth-order valence-electron chi connectivity index (χ4n) is 5.26. The molecule has 0 saturated heterocycles. The molecular weight excluding hydrogens is 506 g/mol. The number of aromatic nitrogens is 3. The Hall–Kier alpha value is -4.40. The van der Waals surface area contributed by atoms with Crippen LogP contribution in [0.4, 0.5) is 15.4 Å². The number of hydrogen-bond acceptors (Lipinski definition) is 5. The number of anilines is 1. The van der Waals surface area contributed by atoms with Crippen molar-refractivity contribution in [1.82, 2.24) is 19.9 Å². The monoisotopic (exact) mass is 541 g/mol. The second kappa shape index (κ2) is 12.6. The average molecular weight is 542 g/mol. The molecule has 208 valence electrons. The number of aryl methyl sites for hydroxylation is 1. The standard InChI is InChI=1S/C31H35N5O4/c1-2-3-13-28-33-25-18-19-27(35-30(37)32-23-9-5-4-6-10-23)34-29(25)36(28)20-21-14-16-22(17-15-21)24-11-7-8-12-26(24)40-31(38)39/h7-8,11-12,14-19,23H,2-6,9-10,13,20H2,1H3,(H,38,39)(H2,32,34,35,37). The van der Waals surface area contributed by atoms with Gasteiger partial charge in [0.05, 0.1) is 6.54 Å². The van der Waals surface area contributed by atoms with E-state index < -0.39 is 6.16 Å². The summed E-state index contributed by atoms with van der Waals surface area (Å²) < 4.78 is 7.08. The molecule has 2 heterocycles. The van der Waals surface area contributed by atoms with Gasteiger partial charge in [-0.25, -0.2) is 19.6 Å². The van der Waals surface area contributed by atoms with Crippen LogP contribution in [0.3, 0.4) is 0 Å². The van der Waals surface area contributed by atoms with E-state index in [2.05, 4.69) is 22.1 Å². The summed E-state index contributed by atoms with van der Waals surface area (Å²) in [5, 5.41) is 15.1. The Bertz CT molecular complexity index is 1480. The lowest BCUT2D eigenvalue weighted by molar-refractivity contribution is 0.144. The summed E-state index contributed by atoms with van der Waals surface area (Å²) >= 11 is 0. The lowest BCUT2D eigenvalue weighted by Crippen LogP contribution is -2.39. The van der Waals surface area contributed by atoms with E-state index >= 15 is 0 Å². The largest absolute Gasteiger partial charge is 0.511 e. The number of carboxylic acid groups (broad SMARTS) is 1. The summed E-state index contributed by atoms with van der Waals surface area (Å²) in [4.78, 5) is 33.4. The molecule has 1 aliphatic carbocycles. The molecule has 9 nitrogen and oxygen atoms in total. The first-order valence-corrected chi connectivity index (χ1v) is 14.0. The maximum absolute atomic E-state index is 12.6. The van der Waals surface area contributed by atoms with E-state index in [0.717, 1.165) is 73.1 Å². The van der Waals surface area contributed by atoms with Crippen molar-refractivity contribution >= 4 is 29.2 Å². The molecule has 1 aliphatic rings. The molecular formula is C31H35N5O4. The molecule has 40 heavy (non-hydrogen) atoms. The molecule has 0 bridgehead atoms. The molecule has 5 rings (SSSR count). The molecule has 1 fully saturated rings. The van der Waals surface area contributed by atoms with E-state index in [0.29, 0.717) is 23.7 Å². The predicted octanol–water partition coefficient (Wildman–Crippen LogP) is 7.00. The van der Waals surface area contributed by atoms with Crippen LogP contribution in [0.5, 0.6) is 5.75 Å². The quantitative estimate of drug-likeness (QED) is 0.155. The fraction of sp³-hybridized carbons (Fsp3) is 0.355. The topological polar surface area (TPSA) is 118 Å². The van der Waals surface area contributed by atoms with Gasteiger partial charge in [-0.05, 0) is 48.6 Å². The van der Waals surface area contributed by atoms with Crippen molar-refractivity contribution in [3.05, 3.63) is 72.1 Å². The van der Waals surface area contributed by atoms with Crippen molar-refractivity contribution in [1.29, 1.82) is 0 Å². The molecule has 0 radical (unpaired) electrons. The van der Waals surface area contributed by atoms with Gasteiger partial charge in [-0.3, -0.25) is 5.32 Å². The third-order valence-corrected chi connectivity index (χ3v) is 7.30. The Morgan fingerprint density at radius 2 is 1.77 bits per heavy atom. The number of urea groups is 1. The number of carbonyl (C=O) groups excluding carboxylic acids is 1. The van der Waals surface area contributed by atoms with Gasteiger partial charge in [0.15, 0.2) is 5.65 Å². The van der Waals surface area contributed by atoms with Gasteiger partial charge in [0.25, 0.3) is 0 Å². The van der Waals surface area contributed by atoms with Gasteiger partial charge < -0.3 is 19.7 Å². The molecule has 2 aromatic carbocycles. The Morgan fingerprint density at radius 1 is 1.00 bits per heavy atom. The van der Waals surface area contributed by atoms with Crippen LogP contribution in [-0.4, -0.2) is 37.9 Å². The number of nitrogens with one attached hydrogen (secondary N) is 2. The molecule has 2 aromatic heterocycles. The van der Waals surface area contributed by atoms with E-state index in [9.17, 15) is 9.59 Å². The molecule has 0 atom stereocenters. The van der Waals surface area contributed by atoms with Gasteiger partial charge in [0.1, 0.15) is 22.9 Å². The first kappa shape index (κ1) is 27.2. The van der Waals surface area contributed by atoms with E-state index in [4.69, 9.17) is 19.8 Å². The zero-order chi connectivity index (χ0) is 27.9. The Labute approximate surface area is 233 Å². The maximum Gasteiger partial charge on any atom is 0.511 e. The van der Waals surface area contributed by atoms with Crippen LogP contribution in [0, 0.1) is 0 Å². The number of ether oxygens (including phenoxy) is 1. The molecule has 4 aromatic rings. The van der Waals surface area contributed by atoms with Crippen LogP contribution in [0.1, 0.15) is 63.3 Å². The van der Waals surface area contributed by atoms with Crippen LogP contribution in [0.15, 0.2) is 60.7 Å². The zero-order valence-electron chi connectivity index (χ0n) is 22.7. The van der Waals surface area contributed by atoms with Gasteiger partial charge in [0.2, 0.25) is 0 Å². The number of fused-ring (bicyclic) bond motifs is 1. The lowest BCUT2D eigenvalue weighted by Gasteiger charge is -2.22. The Balaban J connectivity index is 1.38. The number of carbonyl (C=O) groups is 2. The van der Waals surface area contributed by atoms with Crippen molar-refractivity contribution in [3.63, 3.8) is 0 Å². The second-order valence-corrected chi connectivity index (χ2v) is 10.3. The fourth-order valence-corrected chi connectivity index (χ4v) is 5.26. The highest BCUT2D eigenvalue weighted by Crippen LogP contribution is 2.30. The van der Waals surface area contributed by atoms with Crippen molar-refractivity contribution in [3.8, 4) is 16.9 Å². The van der Waals surface area contributed by atoms with Crippen molar-refractivity contribution in [2.24, 2.45) is 0 Å². The van der Waals surface area contributed by atoms with E-state index in [-0.39, 0.29) is 12.1 Å². The third-order valence-electron chi connectivity index (χ3n) is 7.30. The minimum Gasteiger partial charge on any atom is -0.449 e. The zero-order valence-corrected chi connectivity index (χ0v) is 22.7. The molecule has 2 amide bonds. The number of para-hydroxylation sites is 1. The minimum absolute atomic E-state index is 0.217. The summed E-state index contributed by atoms with van der Waals surface area (Å²) in [5.41, 5.74) is 4.13. The lowest BCUT2D eigenvalue weighted by atomic mass is 9.96. The Kier molecular flexibility index (Phi) is 8.59. The summed E-state index contributed by atoms with van der Waals surface area (Å²) in [7, 11) is 0. The van der Waals surface area contributed by atoms with Crippen molar-refractivity contribution in [2.45, 2.75) is 70.9 Å². The van der Waals surface area contributed by atoms with Crippen molar-refractivity contribution < 1.29 is 19.4 Å². The molecule has 0 aliphatic heterocycles. The average Bonchev–Trinajstić information content (AvgIpc) is 3.29. The molecule has 3 N–H and O–H groups in total. The molecule has 0 spiro atoms. The normalized spacial score (nSPS) is 13.7. The van der Waals surface area contributed by atoms with Gasteiger partial charge in [-0.2, -0.15) is 0 Å². The molecule has 9 heteroatoms. The number of rotatable bonds is 9. The number of imidazole rings is 1. The van der Waals surface area contributed by atoms with Crippen LogP contribution in [-0.2, 0) is 13.0 Å². The number of amides is 2. The number of hydrogen-bond donors (Lipinski definition) is 3. The van der Waals surface area contributed by atoms with E-state index in [1.807, 2.05) is 42.5 Å². The first-order chi connectivity index (χ1) is 19.5. The van der Waals surface area contributed by atoms with Gasteiger partial charge in [0, 0.05) is 18.0 Å².